The molecule has 0 bridgehead atoms. The Morgan fingerprint density at radius 3 is 2.53 bits per heavy atom. The minimum atomic E-state index is -0.513. The average Bonchev–Trinajstić information content (AvgIpc) is 2.78. The van der Waals surface area contributed by atoms with Crippen LogP contribution in [0.15, 0.2) is 30.7 Å². The molecule has 0 spiro atoms. The summed E-state index contributed by atoms with van der Waals surface area (Å²) in [6.07, 6.45) is 5.11. The molecule has 2 aromatic heterocycles. The molecule has 0 aliphatic rings. The lowest BCUT2D eigenvalue weighted by atomic mass is 10.2. The first kappa shape index (κ1) is 11.3. The molecule has 0 atom stereocenters. The predicted molar refractivity (Wildman–Crippen MR) is 62.5 cm³/mol. The van der Waals surface area contributed by atoms with Crippen molar-refractivity contribution in [3.05, 3.63) is 40.8 Å². The molecule has 88 valence electrons. The highest BCUT2D eigenvalue weighted by Crippen LogP contribution is 2.20. The van der Waals surface area contributed by atoms with Crippen molar-refractivity contribution in [1.29, 1.82) is 0 Å². The standard InChI is InChI=1S/C11H12N4O2/c1-8(2)14-7-10(6-13-14)9-3-4-11(12-5-9)15(16)17/h3-8H,1-2H3. The molecule has 6 heteroatoms. The van der Waals surface area contributed by atoms with Gasteiger partial charge in [0.15, 0.2) is 0 Å². The van der Waals surface area contributed by atoms with Gasteiger partial charge in [-0.05, 0) is 29.8 Å². The maximum Gasteiger partial charge on any atom is 0.363 e. The Morgan fingerprint density at radius 1 is 1.29 bits per heavy atom. The van der Waals surface area contributed by atoms with Crippen molar-refractivity contribution in [2.75, 3.05) is 0 Å². The largest absolute Gasteiger partial charge is 0.363 e. The summed E-state index contributed by atoms with van der Waals surface area (Å²) < 4.78 is 1.83. The van der Waals surface area contributed by atoms with Crippen LogP contribution in [-0.4, -0.2) is 19.7 Å². The minimum absolute atomic E-state index is 0.148. The molecule has 0 unspecified atom stereocenters. The molecule has 17 heavy (non-hydrogen) atoms. The zero-order chi connectivity index (χ0) is 12.4. The lowest BCUT2D eigenvalue weighted by Crippen LogP contribution is -1.99. The summed E-state index contributed by atoms with van der Waals surface area (Å²) >= 11 is 0. The molecule has 0 N–H and O–H groups in total. The number of aromatic nitrogens is 3. The molecule has 0 aromatic carbocycles. The molecule has 0 saturated carbocycles. The molecular formula is C11H12N4O2. The fraction of sp³-hybridized carbons (Fsp3) is 0.273. The smallest absolute Gasteiger partial charge is 0.358 e. The van der Waals surface area contributed by atoms with Crippen molar-refractivity contribution in [3.8, 4) is 11.1 Å². The predicted octanol–water partition coefficient (Wildman–Crippen LogP) is 2.43. The molecule has 2 aromatic rings. The third-order valence-corrected chi connectivity index (χ3v) is 2.40. The molecule has 6 nitrogen and oxygen atoms in total. The monoisotopic (exact) mass is 232 g/mol. The zero-order valence-corrected chi connectivity index (χ0v) is 9.57. The van der Waals surface area contributed by atoms with Crippen molar-refractivity contribution in [2.45, 2.75) is 19.9 Å². The van der Waals surface area contributed by atoms with Gasteiger partial charge in [0.2, 0.25) is 0 Å². The summed E-state index contributed by atoms with van der Waals surface area (Å²) in [5.74, 6) is -0.148. The Hall–Kier alpha value is -2.24. The Labute approximate surface area is 98.1 Å². The molecule has 0 amide bonds. The van der Waals surface area contributed by atoms with Crippen molar-refractivity contribution >= 4 is 5.82 Å². The van der Waals surface area contributed by atoms with Gasteiger partial charge in [0, 0.05) is 29.4 Å². The Kier molecular flexibility index (Phi) is 2.86. The van der Waals surface area contributed by atoms with Crippen molar-refractivity contribution in [1.82, 2.24) is 14.8 Å². The zero-order valence-electron chi connectivity index (χ0n) is 9.57. The lowest BCUT2D eigenvalue weighted by Gasteiger charge is -2.02. The van der Waals surface area contributed by atoms with E-state index in [0.717, 1.165) is 11.1 Å². The lowest BCUT2D eigenvalue weighted by molar-refractivity contribution is -0.389. The summed E-state index contributed by atoms with van der Waals surface area (Å²) in [6, 6.07) is 3.35. The average molecular weight is 232 g/mol. The van der Waals surface area contributed by atoms with Gasteiger partial charge in [-0.1, -0.05) is 0 Å². The first-order valence-corrected chi connectivity index (χ1v) is 5.23. The van der Waals surface area contributed by atoms with Crippen molar-refractivity contribution < 1.29 is 4.92 Å². The highest BCUT2D eigenvalue weighted by molar-refractivity contribution is 5.61. The Balaban J connectivity index is 2.30. The van der Waals surface area contributed by atoms with E-state index in [0.29, 0.717) is 0 Å². The Bertz CT molecular complexity index is 531. The maximum absolute atomic E-state index is 10.5. The molecule has 0 aliphatic carbocycles. The molecule has 2 rings (SSSR count). The fourth-order valence-electron chi connectivity index (χ4n) is 1.43. The number of nitro groups is 1. The van der Waals surface area contributed by atoms with Gasteiger partial charge < -0.3 is 10.1 Å². The van der Waals surface area contributed by atoms with Crippen LogP contribution in [0.4, 0.5) is 5.82 Å². The van der Waals surface area contributed by atoms with Crippen LogP contribution >= 0.6 is 0 Å². The number of hydrogen-bond donors (Lipinski definition) is 0. The van der Waals surface area contributed by atoms with Crippen LogP contribution in [0.25, 0.3) is 11.1 Å². The normalized spacial score (nSPS) is 10.8. The minimum Gasteiger partial charge on any atom is -0.358 e. The highest BCUT2D eigenvalue weighted by Gasteiger charge is 2.09. The summed E-state index contributed by atoms with van der Waals surface area (Å²) in [4.78, 5) is 13.7. The molecule has 0 fully saturated rings. The first-order chi connectivity index (χ1) is 8.08. The van der Waals surface area contributed by atoms with Crippen LogP contribution in [0.5, 0.6) is 0 Å². The summed E-state index contributed by atoms with van der Waals surface area (Å²) in [7, 11) is 0. The topological polar surface area (TPSA) is 73.8 Å². The van der Waals surface area contributed by atoms with Gasteiger partial charge in [-0.25, -0.2) is 0 Å². The van der Waals surface area contributed by atoms with E-state index in [1.165, 1.54) is 12.3 Å². The van der Waals surface area contributed by atoms with Crippen LogP contribution in [0.1, 0.15) is 19.9 Å². The van der Waals surface area contributed by atoms with Crippen LogP contribution in [0.3, 0.4) is 0 Å². The maximum atomic E-state index is 10.5. The van der Waals surface area contributed by atoms with E-state index in [4.69, 9.17) is 0 Å². The fourth-order valence-corrected chi connectivity index (χ4v) is 1.43. The summed E-state index contributed by atoms with van der Waals surface area (Å²) in [5, 5.41) is 14.7. The van der Waals surface area contributed by atoms with Gasteiger partial charge in [0.05, 0.1) is 6.20 Å². The second kappa shape index (κ2) is 4.32. The van der Waals surface area contributed by atoms with Crippen molar-refractivity contribution in [3.63, 3.8) is 0 Å². The van der Waals surface area contributed by atoms with E-state index in [-0.39, 0.29) is 11.9 Å². The molecule has 2 heterocycles. The third-order valence-electron chi connectivity index (χ3n) is 2.40. The van der Waals surface area contributed by atoms with Gasteiger partial charge in [-0.15, -0.1) is 0 Å². The van der Waals surface area contributed by atoms with Gasteiger partial charge in [0.25, 0.3) is 0 Å². The second-order valence-corrected chi connectivity index (χ2v) is 3.96. The Morgan fingerprint density at radius 2 is 2.06 bits per heavy atom. The SMILES string of the molecule is CC(C)n1cc(-c2ccc([N+](=O)[O-])nc2)cn1. The second-order valence-electron chi connectivity index (χ2n) is 3.96. The van der Waals surface area contributed by atoms with Gasteiger partial charge >= 0.3 is 5.82 Å². The number of rotatable bonds is 3. The summed E-state index contributed by atoms with van der Waals surface area (Å²) in [6.45, 7) is 4.07. The van der Waals surface area contributed by atoms with Crippen LogP contribution in [-0.2, 0) is 0 Å². The molecule has 0 saturated heterocycles. The van der Waals surface area contributed by atoms with E-state index in [1.807, 2.05) is 24.7 Å². The van der Waals surface area contributed by atoms with E-state index >= 15 is 0 Å². The van der Waals surface area contributed by atoms with Crippen LogP contribution in [0.2, 0.25) is 0 Å². The number of pyridine rings is 1. The first-order valence-electron chi connectivity index (χ1n) is 5.23. The number of hydrogen-bond acceptors (Lipinski definition) is 4. The van der Waals surface area contributed by atoms with E-state index in [2.05, 4.69) is 10.1 Å². The molecular weight excluding hydrogens is 220 g/mol. The number of nitrogens with zero attached hydrogens (tertiary/aromatic N) is 4. The van der Waals surface area contributed by atoms with E-state index in [1.54, 1.807) is 12.3 Å². The quantitative estimate of drug-likeness (QED) is 0.601. The van der Waals surface area contributed by atoms with Crippen molar-refractivity contribution in [2.24, 2.45) is 0 Å². The van der Waals surface area contributed by atoms with Crippen LogP contribution < -0.4 is 0 Å². The summed E-state index contributed by atoms with van der Waals surface area (Å²) in [5.41, 5.74) is 1.73. The van der Waals surface area contributed by atoms with Gasteiger partial charge in [-0.3, -0.25) is 4.68 Å². The molecule has 0 radical (unpaired) electrons. The highest BCUT2D eigenvalue weighted by atomic mass is 16.6. The van der Waals surface area contributed by atoms with E-state index < -0.39 is 4.92 Å². The van der Waals surface area contributed by atoms with Crippen LogP contribution in [0, 0.1) is 10.1 Å². The van der Waals surface area contributed by atoms with Gasteiger partial charge in [-0.2, -0.15) is 5.10 Å². The third kappa shape index (κ3) is 2.30. The van der Waals surface area contributed by atoms with Gasteiger partial charge in [0.1, 0.15) is 6.20 Å². The van der Waals surface area contributed by atoms with E-state index in [9.17, 15) is 10.1 Å². The molecule has 0 aliphatic heterocycles.